The third-order valence-corrected chi connectivity index (χ3v) is 26.8. The number of para-hydroxylation sites is 2. The molecule has 11 aromatic rings. The quantitative estimate of drug-likeness (QED) is 0.0356. The second kappa shape index (κ2) is 31.9. The van der Waals surface area contributed by atoms with E-state index in [1.54, 1.807) is 0 Å². The van der Waals surface area contributed by atoms with Crippen LogP contribution in [-0.2, 0) is 36.5 Å². The average Bonchev–Trinajstić information content (AvgIpc) is 1.49. The van der Waals surface area contributed by atoms with Crippen molar-refractivity contribution in [3.8, 4) is 56.7 Å². The number of hydrogen-bond acceptors (Lipinski definition) is 10. The zero-order chi connectivity index (χ0) is 72.7. The van der Waals surface area contributed by atoms with E-state index in [2.05, 4.69) is 185 Å². The molecular weight excluding hydrogens is 1370 g/mol. The molecule has 106 heavy (non-hydrogen) atoms. The number of thiophene rings is 4. The third-order valence-electron chi connectivity index (χ3n) is 22.0. The first kappa shape index (κ1) is 71.5. The molecule has 0 radical (unpaired) electrons. The molecule has 6 heterocycles. The maximum Gasteiger partial charge on any atom is 0.137 e. The fourth-order valence-corrected chi connectivity index (χ4v) is 22.0. The normalized spacial score (nSPS) is 14.1. The van der Waals surface area contributed by atoms with Crippen molar-refractivity contribution in [1.29, 1.82) is 21.0 Å². The maximum atomic E-state index is 10.1. The lowest BCUT2D eigenvalue weighted by Crippen LogP contribution is -2.30. The fourth-order valence-electron chi connectivity index (χ4n) is 16.7. The van der Waals surface area contributed by atoms with E-state index in [0.717, 1.165) is 72.2 Å². The molecule has 15 rings (SSSR count). The smallest absolute Gasteiger partial charge is 0.137 e. The summed E-state index contributed by atoms with van der Waals surface area (Å²) in [5, 5.41) is 40.6. The van der Waals surface area contributed by atoms with Crippen molar-refractivity contribution in [3.63, 3.8) is 0 Å². The molecule has 0 fully saturated rings. The van der Waals surface area contributed by atoms with Crippen LogP contribution in [0.5, 0.6) is 11.5 Å². The Labute approximate surface area is 641 Å². The number of hydrogen-bond donors (Lipinski definition) is 0. The molecule has 6 nitrogen and oxygen atoms in total. The Kier molecular flexibility index (Phi) is 21.5. The molecule has 10 heteroatoms. The van der Waals surface area contributed by atoms with Crippen molar-refractivity contribution < 1.29 is 9.47 Å². The maximum absolute atomic E-state index is 10.1. The van der Waals surface area contributed by atoms with Crippen molar-refractivity contribution in [1.82, 2.24) is 0 Å². The highest BCUT2D eigenvalue weighted by Crippen LogP contribution is 2.68. The predicted molar refractivity (Wildman–Crippen MR) is 444 cm³/mol. The van der Waals surface area contributed by atoms with Crippen LogP contribution >= 0.6 is 45.3 Å². The highest BCUT2D eigenvalue weighted by Gasteiger charge is 2.54. The van der Waals surface area contributed by atoms with Gasteiger partial charge in [0.05, 0.1) is 20.2 Å². The van der Waals surface area contributed by atoms with Gasteiger partial charge in [-0.25, -0.2) is 0 Å². The summed E-state index contributed by atoms with van der Waals surface area (Å²) < 4.78 is 18.0. The van der Waals surface area contributed by atoms with E-state index in [0.29, 0.717) is 34.2 Å². The van der Waals surface area contributed by atoms with Gasteiger partial charge >= 0.3 is 0 Å². The molecule has 0 unspecified atom stereocenters. The van der Waals surface area contributed by atoms with E-state index in [1.165, 1.54) is 183 Å². The molecule has 0 spiro atoms. The van der Waals surface area contributed by atoms with Crippen LogP contribution in [0.1, 0.15) is 218 Å². The summed E-state index contributed by atoms with van der Waals surface area (Å²) in [6.45, 7) is 9.15. The van der Waals surface area contributed by atoms with Gasteiger partial charge in [0.25, 0.3) is 0 Å². The van der Waals surface area contributed by atoms with E-state index in [-0.39, 0.29) is 11.1 Å². The summed E-state index contributed by atoms with van der Waals surface area (Å²) in [6, 6.07) is 73.0. The lowest BCUT2D eigenvalue weighted by atomic mass is 9.65. The topological polar surface area (TPSA) is 114 Å². The van der Waals surface area contributed by atoms with Gasteiger partial charge in [0.2, 0.25) is 0 Å². The minimum atomic E-state index is -0.738. The zero-order valence-electron chi connectivity index (χ0n) is 61.0. The summed E-state index contributed by atoms with van der Waals surface area (Å²) in [7, 11) is 0. The number of ether oxygens (including phenoxy) is 2. The largest absolute Gasteiger partial charge is 0.457 e. The Morgan fingerprint density at radius 1 is 0.358 bits per heavy atom. The Morgan fingerprint density at radius 2 is 0.679 bits per heavy atom. The second-order valence-corrected chi connectivity index (χ2v) is 33.0. The van der Waals surface area contributed by atoms with Gasteiger partial charge < -0.3 is 9.47 Å². The first-order chi connectivity index (χ1) is 52.2. The predicted octanol–water partition coefficient (Wildman–Crippen LogP) is 27.0. The lowest BCUT2D eigenvalue weighted by Gasteiger charge is -2.36. The van der Waals surface area contributed by atoms with Gasteiger partial charge in [-0.15, -0.1) is 45.3 Å². The van der Waals surface area contributed by atoms with Crippen molar-refractivity contribution in [2.75, 3.05) is 0 Å². The molecule has 0 bridgehead atoms. The van der Waals surface area contributed by atoms with Gasteiger partial charge in [-0.05, 0) is 191 Å². The van der Waals surface area contributed by atoms with Crippen LogP contribution in [-0.4, -0.2) is 0 Å². The molecule has 0 saturated carbocycles. The molecule has 7 aromatic carbocycles. The van der Waals surface area contributed by atoms with Crippen LogP contribution in [0, 0.1) is 45.3 Å². The Hall–Kier alpha value is -10.1. The third kappa shape index (κ3) is 13.4. The van der Waals surface area contributed by atoms with Crippen molar-refractivity contribution >= 4 is 87.4 Å². The number of rotatable bonds is 28. The second-order valence-electron chi connectivity index (χ2n) is 28.8. The van der Waals surface area contributed by atoms with Gasteiger partial charge in [-0.2, -0.15) is 21.0 Å². The molecule has 2 aliphatic carbocycles. The molecule has 4 aromatic heterocycles. The summed E-state index contributed by atoms with van der Waals surface area (Å²) in [6.07, 6.45) is 35.3. The van der Waals surface area contributed by atoms with Crippen LogP contribution in [0.4, 0.5) is 0 Å². The summed E-state index contributed by atoms with van der Waals surface area (Å²) in [4.78, 5) is 4.76. The molecule has 526 valence electrons. The molecule has 2 aliphatic heterocycles. The highest BCUT2D eigenvalue weighted by molar-refractivity contribution is 7.31. The molecule has 0 saturated heterocycles. The van der Waals surface area contributed by atoms with Gasteiger partial charge in [0, 0.05) is 62.3 Å². The van der Waals surface area contributed by atoms with Crippen molar-refractivity contribution in [2.45, 2.75) is 167 Å². The van der Waals surface area contributed by atoms with Crippen LogP contribution in [0.25, 0.3) is 63.0 Å². The number of aryl methyl sites for hydroxylation is 4. The van der Waals surface area contributed by atoms with Crippen LogP contribution in [0.3, 0.4) is 0 Å². The van der Waals surface area contributed by atoms with Gasteiger partial charge in [0.15, 0.2) is 0 Å². The number of allylic oxidation sites excluding steroid dienone is 8. The Bertz CT molecular complexity index is 5030. The summed E-state index contributed by atoms with van der Waals surface area (Å²) in [5.41, 5.74) is 19.5. The summed E-state index contributed by atoms with van der Waals surface area (Å²) in [5.74, 6) is 2.34. The molecule has 0 amide bonds. The van der Waals surface area contributed by atoms with Gasteiger partial charge in [0.1, 0.15) is 58.4 Å². The van der Waals surface area contributed by atoms with E-state index < -0.39 is 10.8 Å². The average molecular weight is 1460 g/mol. The lowest BCUT2D eigenvalue weighted by molar-refractivity contribution is 0.439. The first-order valence-electron chi connectivity index (χ1n) is 38.3. The monoisotopic (exact) mass is 1450 g/mol. The van der Waals surface area contributed by atoms with Crippen LogP contribution in [0.2, 0.25) is 0 Å². The van der Waals surface area contributed by atoms with E-state index >= 15 is 0 Å². The van der Waals surface area contributed by atoms with Crippen molar-refractivity contribution in [3.05, 3.63) is 304 Å². The Balaban J connectivity index is 0.966. The number of fused-ring (bicyclic) bond motifs is 12. The SMILES string of the molecule is CCCCCCc1ccc(C2(c3ccc(CCCCCC)cc3)c3cc4c(cc3-c3sc5cc(C=CC6=CC(=C(C#N)C#N)c7ccccc7O6)sc5c32)C(c2ccc(CCCCCC)cc2)(c2ccc(CCCCCC)cc2)c2c-4sc3cc(C=CC4=CC(=C(C#N)C#N)c5ccccc5O4)sc23)cc1. The zero-order valence-corrected chi connectivity index (χ0v) is 64.3. The number of nitrogens with zero attached hydrogens (tertiary/aromatic N) is 4. The molecular formula is C96H86N4O2S4. The summed E-state index contributed by atoms with van der Waals surface area (Å²) >= 11 is 7.49. The van der Waals surface area contributed by atoms with E-state index in [4.69, 9.17) is 9.47 Å². The fraction of sp³-hybridized carbons (Fsp3) is 0.271. The number of nitriles is 4. The standard InChI is InChI=1S/C96H86N4O2S4/c1-5-9-13-17-25-63-33-41-69(42-34-63)95(70-43-35-64(36-44-70)26-18-14-10-6-2)83-57-82-84(58-81(83)91-89(95)93-87(105-91)55-75(103-93)51-49-73-53-79(67(59-97)60-98)77-29-21-23-31-85(77)101-73)96(71-45-37-65(38-46-71)27-19-15-11-7-3,72-47-39-66(40-48-72)28-20-16-12-8-4)90-92(82)106-88-56-76(104-94(88)90)52-50-74-54-80(68(61-99)62-100)78-30-22-24-32-86(78)102-74/h21-24,29-58H,5-20,25-28H2,1-4H3. The molecule has 0 atom stereocenters. The molecule has 0 N–H and O–H groups in total. The van der Waals surface area contributed by atoms with Crippen LogP contribution < -0.4 is 9.47 Å². The van der Waals surface area contributed by atoms with E-state index in [9.17, 15) is 21.0 Å². The Morgan fingerprint density at radius 3 is 0.991 bits per heavy atom. The first-order valence-corrected chi connectivity index (χ1v) is 41.6. The minimum Gasteiger partial charge on any atom is -0.457 e. The molecule has 4 aliphatic rings. The minimum absolute atomic E-state index is 0.0477. The van der Waals surface area contributed by atoms with Crippen molar-refractivity contribution in [2.24, 2.45) is 0 Å². The van der Waals surface area contributed by atoms with E-state index in [1.807, 2.05) is 118 Å². The number of unbranched alkanes of at least 4 members (excludes halogenated alkanes) is 12. The van der Waals surface area contributed by atoms with Gasteiger partial charge in [-0.3, -0.25) is 0 Å². The van der Waals surface area contributed by atoms with Crippen LogP contribution in [0.15, 0.2) is 217 Å². The highest BCUT2D eigenvalue weighted by atomic mass is 32.1. The van der Waals surface area contributed by atoms with Gasteiger partial charge in [-0.1, -0.05) is 238 Å². The number of benzene rings is 7.